The fourth-order valence-corrected chi connectivity index (χ4v) is 6.89. The van der Waals surface area contributed by atoms with Crippen LogP contribution in [0.25, 0.3) is 28.3 Å². The summed E-state index contributed by atoms with van der Waals surface area (Å²) in [4.78, 5) is 23.8. The molecule has 0 bridgehead atoms. The molecule has 4 aromatic rings. The molecule has 5 heterocycles. The molecule has 1 amide bonds. The second-order valence-corrected chi connectivity index (χ2v) is 20.7. The van der Waals surface area contributed by atoms with E-state index in [0.717, 1.165) is 47.1 Å². The number of rotatable bonds is 10. The topological polar surface area (TPSA) is 109 Å². The average molecular weight is 662 g/mol. The summed E-state index contributed by atoms with van der Waals surface area (Å²) in [6.45, 7) is 21.6. The van der Waals surface area contributed by atoms with E-state index in [1.54, 1.807) is 11.6 Å². The van der Waals surface area contributed by atoms with Crippen LogP contribution in [-0.2, 0) is 16.2 Å². The summed E-state index contributed by atoms with van der Waals surface area (Å²) in [6, 6.07) is 5.23. The smallest absolute Gasteiger partial charge is 0.410 e. The van der Waals surface area contributed by atoms with Gasteiger partial charge in [0.15, 0.2) is 11.4 Å². The van der Waals surface area contributed by atoms with Crippen LogP contribution in [0.5, 0.6) is 5.75 Å². The molecular weight excluding hydrogens is 611 g/mol. The van der Waals surface area contributed by atoms with Gasteiger partial charge in [-0.1, -0.05) is 33.5 Å². The Morgan fingerprint density at radius 3 is 2.45 bits per heavy atom. The number of piperidine rings is 1. The van der Waals surface area contributed by atoms with Crippen molar-refractivity contribution in [1.82, 2.24) is 34.3 Å². The lowest BCUT2D eigenvalue weighted by atomic mass is 9.87. The molecule has 254 valence electrons. The Bertz CT molecular complexity index is 1710. The number of ether oxygens (including phenoxy) is 3. The van der Waals surface area contributed by atoms with Crippen LogP contribution in [-0.4, -0.2) is 80.8 Å². The number of likely N-dealkylation sites (tertiary alicyclic amines) is 1. The van der Waals surface area contributed by atoms with Crippen molar-refractivity contribution in [1.29, 1.82) is 0 Å². The number of carbonyl (C=O) groups excluding carboxylic acids is 1. The summed E-state index contributed by atoms with van der Waals surface area (Å²) in [5.74, 6) is 1.11. The summed E-state index contributed by atoms with van der Waals surface area (Å²) in [5, 5.41) is 9.58. The lowest BCUT2D eigenvalue weighted by Gasteiger charge is -2.34. The Hall–Kier alpha value is -3.77. The van der Waals surface area contributed by atoms with E-state index in [1.165, 1.54) is 17.5 Å². The standard InChI is InChI=1S/C35H51N7O4Si/c1-23(2)30-31(28-17-24(3)27(19-36-28)25-11-13-40(14-12-25)34(43)46-35(4,5)6)39-42(22-45-15-16-47(8,9)10)32(30)26-18-29(44-7)33-37-21-38-41(33)20-26/h17-21,23,25H,11-16,22H2,1-10H3. The maximum atomic E-state index is 12.6. The highest BCUT2D eigenvalue weighted by Gasteiger charge is 2.30. The fourth-order valence-electron chi connectivity index (χ4n) is 6.14. The van der Waals surface area contributed by atoms with E-state index in [9.17, 15) is 4.79 Å². The van der Waals surface area contributed by atoms with Crippen LogP contribution in [0.15, 0.2) is 30.9 Å². The highest BCUT2D eigenvalue weighted by molar-refractivity contribution is 6.76. The second kappa shape index (κ2) is 13.8. The van der Waals surface area contributed by atoms with Gasteiger partial charge in [0.05, 0.1) is 18.5 Å². The van der Waals surface area contributed by atoms with Crippen LogP contribution in [0.4, 0.5) is 4.79 Å². The maximum Gasteiger partial charge on any atom is 0.410 e. The van der Waals surface area contributed by atoms with Gasteiger partial charge >= 0.3 is 6.09 Å². The van der Waals surface area contributed by atoms with Gasteiger partial charge in [0.2, 0.25) is 0 Å². The first kappa shape index (κ1) is 34.6. The van der Waals surface area contributed by atoms with Crippen molar-refractivity contribution in [2.24, 2.45) is 0 Å². The lowest BCUT2D eigenvalue weighted by Crippen LogP contribution is -2.41. The molecule has 0 atom stereocenters. The van der Waals surface area contributed by atoms with Crippen molar-refractivity contribution in [3.8, 4) is 28.4 Å². The van der Waals surface area contributed by atoms with Gasteiger partial charge in [-0.05, 0) is 81.7 Å². The maximum absolute atomic E-state index is 12.6. The quantitative estimate of drug-likeness (QED) is 0.127. The Balaban J connectivity index is 1.48. The highest BCUT2D eigenvalue weighted by atomic mass is 28.3. The monoisotopic (exact) mass is 661 g/mol. The number of methoxy groups -OCH3 is 1. The van der Waals surface area contributed by atoms with Crippen molar-refractivity contribution in [2.45, 2.75) is 104 Å². The molecule has 4 aromatic heterocycles. The summed E-state index contributed by atoms with van der Waals surface area (Å²) >= 11 is 0. The molecule has 0 saturated carbocycles. The number of fused-ring (bicyclic) bond motifs is 1. The molecule has 1 saturated heterocycles. The molecule has 1 aliphatic rings. The van der Waals surface area contributed by atoms with E-state index in [1.807, 2.05) is 48.8 Å². The largest absolute Gasteiger partial charge is 0.493 e. The first-order valence-electron chi connectivity index (χ1n) is 16.7. The minimum absolute atomic E-state index is 0.145. The molecular formula is C35H51N7O4Si. The third-order valence-electron chi connectivity index (χ3n) is 8.59. The lowest BCUT2D eigenvalue weighted by molar-refractivity contribution is 0.0204. The van der Waals surface area contributed by atoms with Crippen LogP contribution < -0.4 is 4.74 Å². The van der Waals surface area contributed by atoms with Gasteiger partial charge in [0, 0.05) is 51.3 Å². The number of hydrogen-bond donors (Lipinski definition) is 0. The molecule has 0 N–H and O–H groups in total. The number of carbonyl (C=O) groups is 1. The van der Waals surface area contributed by atoms with Gasteiger partial charge in [-0.3, -0.25) is 4.98 Å². The molecule has 12 heteroatoms. The third kappa shape index (κ3) is 8.03. The van der Waals surface area contributed by atoms with Gasteiger partial charge in [-0.15, -0.1) is 0 Å². The Labute approximate surface area is 279 Å². The molecule has 0 aromatic carbocycles. The predicted octanol–water partition coefficient (Wildman–Crippen LogP) is 7.52. The zero-order valence-corrected chi connectivity index (χ0v) is 30.8. The number of amides is 1. The number of aryl methyl sites for hydroxylation is 1. The van der Waals surface area contributed by atoms with E-state index in [0.29, 0.717) is 43.7 Å². The number of nitrogens with zero attached hydrogens (tertiary/aromatic N) is 7. The van der Waals surface area contributed by atoms with Gasteiger partial charge in [-0.25, -0.2) is 19.0 Å². The molecule has 0 unspecified atom stereocenters. The minimum atomic E-state index is -1.26. The van der Waals surface area contributed by atoms with Crippen LogP contribution in [0, 0.1) is 6.92 Å². The molecule has 0 aliphatic carbocycles. The predicted molar refractivity (Wildman–Crippen MR) is 187 cm³/mol. The molecule has 0 spiro atoms. The van der Waals surface area contributed by atoms with Gasteiger partial charge in [-0.2, -0.15) is 10.2 Å². The average Bonchev–Trinajstić information content (AvgIpc) is 3.63. The van der Waals surface area contributed by atoms with Gasteiger partial charge in [0.25, 0.3) is 0 Å². The van der Waals surface area contributed by atoms with E-state index in [2.05, 4.69) is 56.6 Å². The minimum Gasteiger partial charge on any atom is -0.493 e. The molecule has 1 aliphatic heterocycles. The van der Waals surface area contributed by atoms with E-state index in [-0.39, 0.29) is 12.0 Å². The first-order chi connectivity index (χ1) is 22.1. The highest BCUT2D eigenvalue weighted by Crippen LogP contribution is 2.39. The zero-order chi connectivity index (χ0) is 34.1. The Kier molecular flexibility index (Phi) is 10.1. The first-order valence-corrected chi connectivity index (χ1v) is 20.4. The fraction of sp³-hybridized carbons (Fsp3) is 0.571. The van der Waals surface area contributed by atoms with Gasteiger partial charge in [0.1, 0.15) is 24.4 Å². The Morgan fingerprint density at radius 2 is 1.83 bits per heavy atom. The summed E-state index contributed by atoms with van der Waals surface area (Å²) in [5.41, 5.74) is 7.19. The van der Waals surface area contributed by atoms with Crippen LogP contribution in [0.2, 0.25) is 25.7 Å². The SMILES string of the molecule is COc1cc(-c2c(C(C)C)c(-c3cc(C)c(C4CCN(C(=O)OC(C)(C)C)CC4)cn3)nn2COCC[Si](C)(C)C)cn2ncnc12. The van der Waals surface area contributed by atoms with Crippen molar-refractivity contribution in [3.63, 3.8) is 0 Å². The van der Waals surface area contributed by atoms with Crippen molar-refractivity contribution < 1.29 is 19.0 Å². The molecule has 5 rings (SSSR count). The number of aromatic nitrogens is 6. The van der Waals surface area contributed by atoms with Crippen LogP contribution >= 0.6 is 0 Å². The summed E-state index contributed by atoms with van der Waals surface area (Å²) in [7, 11) is 0.393. The molecule has 11 nitrogen and oxygen atoms in total. The van der Waals surface area contributed by atoms with E-state index < -0.39 is 13.7 Å². The normalized spacial score (nSPS) is 14.7. The van der Waals surface area contributed by atoms with Gasteiger partial charge < -0.3 is 19.1 Å². The van der Waals surface area contributed by atoms with Crippen LogP contribution in [0.3, 0.4) is 0 Å². The second-order valence-electron chi connectivity index (χ2n) is 15.1. The molecule has 0 radical (unpaired) electrons. The Morgan fingerprint density at radius 1 is 1.11 bits per heavy atom. The van der Waals surface area contributed by atoms with E-state index >= 15 is 0 Å². The van der Waals surface area contributed by atoms with Crippen molar-refractivity contribution >= 4 is 19.8 Å². The molecule has 47 heavy (non-hydrogen) atoms. The van der Waals surface area contributed by atoms with E-state index in [4.69, 9.17) is 24.3 Å². The van der Waals surface area contributed by atoms with Crippen LogP contribution in [0.1, 0.15) is 76.0 Å². The zero-order valence-electron chi connectivity index (χ0n) is 29.8. The third-order valence-corrected chi connectivity index (χ3v) is 10.3. The van der Waals surface area contributed by atoms with Crippen molar-refractivity contribution in [3.05, 3.63) is 47.5 Å². The molecule has 1 fully saturated rings. The summed E-state index contributed by atoms with van der Waals surface area (Å²) < 4.78 is 21.3. The number of hydrogen-bond acceptors (Lipinski definition) is 8. The van der Waals surface area contributed by atoms with Crippen molar-refractivity contribution in [2.75, 3.05) is 26.8 Å². The number of pyridine rings is 2. The summed E-state index contributed by atoms with van der Waals surface area (Å²) in [6.07, 6.45) is 7.02.